The van der Waals surface area contributed by atoms with Gasteiger partial charge < -0.3 is 15.1 Å². The molecule has 3 rings (SSSR count). The Hall–Kier alpha value is -3.38. The summed E-state index contributed by atoms with van der Waals surface area (Å²) in [6.45, 7) is 8.62. The molecule has 0 unspecified atom stereocenters. The number of hydrogen-bond acceptors (Lipinski definition) is 4. The number of nitrogens with zero attached hydrogens (tertiary/aromatic N) is 1. The number of rotatable bonds is 9. The van der Waals surface area contributed by atoms with Crippen LogP contribution >= 0.6 is 0 Å². The number of carbonyl (C=O) groups excluding carboxylic acids is 2. The van der Waals surface area contributed by atoms with Gasteiger partial charge in [-0.3, -0.25) is 14.5 Å². The minimum absolute atomic E-state index is 0.175. The summed E-state index contributed by atoms with van der Waals surface area (Å²) in [7, 11) is 0. The Balaban J connectivity index is 1.62. The maximum absolute atomic E-state index is 12.6. The molecule has 0 spiro atoms. The largest absolute Gasteiger partial charge is 0.455 e. The number of amides is 2. The van der Waals surface area contributed by atoms with E-state index in [9.17, 15) is 9.59 Å². The summed E-state index contributed by atoms with van der Waals surface area (Å²) in [5.41, 5.74) is 2.15. The Morgan fingerprint density at radius 2 is 1.68 bits per heavy atom. The van der Waals surface area contributed by atoms with Crippen LogP contribution in [-0.2, 0) is 6.54 Å². The normalized spacial score (nSPS) is 11.9. The fraction of sp³-hybridized carbons (Fsp3) is 0.280. The van der Waals surface area contributed by atoms with Crippen molar-refractivity contribution in [2.75, 3.05) is 18.4 Å². The summed E-state index contributed by atoms with van der Waals surface area (Å²) in [5, 5.41) is 5.86. The highest BCUT2D eigenvalue weighted by atomic mass is 16.4. The molecular weight excluding hydrogens is 390 g/mol. The van der Waals surface area contributed by atoms with Gasteiger partial charge >= 0.3 is 0 Å². The van der Waals surface area contributed by atoms with Gasteiger partial charge in [-0.15, -0.1) is 0 Å². The second-order valence-corrected chi connectivity index (χ2v) is 7.37. The molecule has 0 aliphatic rings. The van der Waals surface area contributed by atoms with Crippen molar-refractivity contribution in [3.63, 3.8) is 0 Å². The smallest absolute Gasteiger partial charge is 0.287 e. The lowest BCUT2D eigenvalue weighted by molar-refractivity contribution is 0.0907. The van der Waals surface area contributed by atoms with Crippen molar-refractivity contribution in [2.24, 2.45) is 0 Å². The van der Waals surface area contributed by atoms with Gasteiger partial charge in [-0.2, -0.15) is 0 Å². The lowest BCUT2D eigenvalue weighted by Gasteiger charge is -2.16. The molecule has 31 heavy (non-hydrogen) atoms. The van der Waals surface area contributed by atoms with Gasteiger partial charge in [-0.1, -0.05) is 44.2 Å². The third-order valence-corrected chi connectivity index (χ3v) is 5.19. The highest BCUT2D eigenvalue weighted by Gasteiger charge is 2.16. The topological polar surface area (TPSA) is 74.6 Å². The molecule has 0 radical (unpaired) electrons. The number of anilines is 1. The summed E-state index contributed by atoms with van der Waals surface area (Å²) in [6, 6.07) is 19.8. The van der Waals surface area contributed by atoms with Crippen LogP contribution in [0.4, 0.5) is 5.69 Å². The zero-order chi connectivity index (χ0) is 22.2. The minimum atomic E-state index is -0.267. The van der Waals surface area contributed by atoms with Crippen LogP contribution in [0.2, 0.25) is 0 Å². The first-order valence-corrected chi connectivity index (χ1v) is 10.6. The van der Waals surface area contributed by atoms with E-state index in [0.717, 1.165) is 24.4 Å². The van der Waals surface area contributed by atoms with Crippen molar-refractivity contribution >= 4 is 17.5 Å². The molecule has 2 amide bonds. The third kappa shape index (κ3) is 6.06. The maximum atomic E-state index is 12.6. The van der Waals surface area contributed by atoms with Crippen molar-refractivity contribution in [2.45, 2.75) is 33.4 Å². The minimum Gasteiger partial charge on any atom is -0.455 e. The van der Waals surface area contributed by atoms with Crippen molar-refractivity contribution in [3.05, 3.63) is 89.4 Å². The quantitative estimate of drug-likeness (QED) is 0.519. The summed E-state index contributed by atoms with van der Waals surface area (Å²) in [5.74, 6) is 0.623. The predicted octanol–water partition coefficient (Wildman–Crippen LogP) is 4.86. The molecule has 0 saturated heterocycles. The van der Waals surface area contributed by atoms with Gasteiger partial charge in [-0.25, -0.2) is 0 Å². The molecule has 1 atom stereocenters. The summed E-state index contributed by atoms with van der Waals surface area (Å²) >= 11 is 0. The number of furan rings is 1. The van der Waals surface area contributed by atoms with E-state index in [0.29, 0.717) is 23.6 Å². The molecule has 6 heteroatoms. The third-order valence-electron chi connectivity index (χ3n) is 5.19. The second kappa shape index (κ2) is 10.6. The molecular formula is C25H29N3O3. The fourth-order valence-electron chi connectivity index (χ4n) is 3.28. The zero-order valence-electron chi connectivity index (χ0n) is 18.2. The Morgan fingerprint density at radius 3 is 2.39 bits per heavy atom. The monoisotopic (exact) mass is 419 g/mol. The van der Waals surface area contributed by atoms with Crippen molar-refractivity contribution in [1.82, 2.24) is 10.2 Å². The van der Waals surface area contributed by atoms with Gasteiger partial charge in [-0.05, 0) is 62.0 Å². The Bertz CT molecular complexity index is 1010. The van der Waals surface area contributed by atoms with E-state index >= 15 is 0 Å². The molecule has 2 N–H and O–H groups in total. The van der Waals surface area contributed by atoms with Crippen LogP contribution in [0.3, 0.4) is 0 Å². The van der Waals surface area contributed by atoms with E-state index in [1.54, 1.807) is 18.2 Å². The van der Waals surface area contributed by atoms with Crippen LogP contribution in [0.1, 0.15) is 59.0 Å². The molecule has 2 aromatic carbocycles. The van der Waals surface area contributed by atoms with Crippen molar-refractivity contribution < 1.29 is 14.0 Å². The number of benzene rings is 2. The maximum Gasteiger partial charge on any atom is 0.287 e. The lowest BCUT2D eigenvalue weighted by atomic mass is 10.1. The SMILES string of the molecule is CCN(CC)Cc1ccc(C(=O)N[C@@H](C)c2cccc(NC(=O)c3ccccc3)c2)o1. The highest BCUT2D eigenvalue weighted by Crippen LogP contribution is 2.19. The van der Waals surface area contributed by atoms with Gasteiger partial charge in [0.1, 0.15) is 5.76 Å². The first-order chi connectivity index (χ1) is 15.0. The molecule has 0 aliphatic heterocycles. The molecule has 6 nitrogen and oxygen atoms in total. The van der Waals surface area contributed by atoms with Crippen LogP contribution in [0.15, 0.2) is 71.1 Å². The fourth-order valence-corrected chi connectivity index (χ4v) is 3.28. The van der Waals surface area contributed by atoms with Gasteiger partial charge in [0.2, 0.25) is 0 Å². The first-order valence-electron chi connectivity index (χ1n) is 10.6. The lowest BCUT2D eigenvalue weighted by Crippen LogP contribution is -2.26. The highest BCUT2D eigenvalue weighted by molar-refractivity contribution is 6.04. The van der Waals surface area contributed by atoms with Crippen LogP contribution in [0, 0.1) is 0 Å². The Labute approximate surface area is 183 Å². The molecule has 0 bridgehead atoms. The Morgan fingerprint density at radius 1 is 0.935 bits per heavy atom. The number of carbonyl (C=O) groups is 2. The second-order valence-electron chi connectivity index (χ2n) is 7.37. The van der Waals surface area contributed by atoms with E-state index in [1.165, 1.54) is 0 Å². The van der Waals surface area contributed by atoms with Crippen molar-refractivity contribution in [1.29, 1.82) is 0 Å². The number of hydrogen-bond donors (Lipinski definition) is 2. The van der Waals surface area contributed by atoms with E-state index in [4.69, 9.17) is 4.42 Å². The average Bonchev–Trinajstić information content (AvgIpc) is 3.27. The summed E-state index contributed by atoms with van der Waals surface area (Å²) in [6.07, 6.45) is 0. The van der Waals surface area contributed by atoms with Gasteiger partial charge in [0.05, 0.1) is 12.6 Å². The van der Waals surface area contributed by atoms with E-state index in [2.05, 4.69) is 29.4 Å². The molecule has 1 heterocycles. The Kier molecular flexibility index (Phi) is 7.62. The molecule has 1 aromatic heterocycles. The van der Waals surface area contributed by atoms with E-state index < -0.39 is 0 Å². The molecule has 0 saturated carbocycles. The predicted molar refractivity (Wildman–Crippen MR) is 122 cm³/mol. The van der Waals surface area contributed by atoms with Crippen LogP contribution in [0.5, 0.6) is 0 Å². The van der Waals surface area contributed by atoms with Crippen LogP contribution in [0.25, 0.3) is 0 Å². The van der Waals surface area contributed by atoms with Crippen LogP contribution in [-0.4, -0.2) is 29.8 Å². The van der Waals surface area contributed by atoms with Gasteiger partial charge in [0.15, 0.2) is 5.76 Å². The number of nitrogens with one attached hydrogen (secondary N) is 2. The van der Waals surface area contributed by atoms with E-state index in [1.807, 2.05) is 55.5 Å². The van der Waals surface area contributed by atoms with Crippen molar-refractivity contribution in [3.8, 4) is 0 Å². The van der Waals surface area contributed by atoms with Crippen LogP contribution < -0.4 is 10.6 Å². The summed E-state index contributed by atoms with van der Waals surface area (Å²) in [4.78, 5) is 27.2. The molecule has 3 aromatic rings. The molecule has 0 aliphatic carbocycles. The summed E-state index contributed by atoms with van der Waals surface area (Å²) < 4.78 is 5.73. The molecule has 162 valence electrons. The van der Waals surface area contributed by atoms with E-state index in [-0.39, 0.29) is 17.9 Å². The molecule has 0 fully saturated rings. The standard InChI is InChI=1S/C25H29N3O3/c1-4-28(5-2)17-22-14-15-23(31-22)25(30)26-18(3)20-12-9-13-21(16-20)27-24(29)19-10-7-6-8-11-19/h6-16,18H,4-5,17H2,1-3H3,(H,26,30)(H,27,29)/t18-/m0/s1. The zero-order valence-corrected chi connectivity index (χ0v) is 18.2. The van der Waals surface area contributed by atoms with Gasteiger partial charge in [0, 0.05) is 11.3 Å². The first kappa shape index (κ1) is 22.3. The average molecular weight is 420 g/mol. The van der Waals surface area contributed by atoms with Gasteiger partial charge in [0.25, 0.3) is 11.8 Å².